The van der Waals surface area contributed by atoms with Gasteiger partial charge in [-0.05, 0) is 18.2 Å². The number of urea groups is 1. The highest BCUT2D eigenvalue weighted by Crippen LogP contribution is 2.21. The van der Waals surface area contributed by atoms with Gasteiger partial charge >= 0.3 is 6.03 Å². The molecule has 5 N–H and O–H groups in total. The predicted molar refractivity (Wildman–Crippen MR) is 60.2 cm³/mol. The van der Waals surface area contributed by atoms with Gasteiger partial charge in [0.2, 0.25) is 5.96 Å². The van der Waals surface area contributed by atoms with Crippen LogP contribution in [0.4, 0.5) is 10.5 Å². The van der Waals surface area contributed by atoms with Crippen LogP contribution in [0, 0.1) is 11.3 Å². The minimum absolute atomic E-state index is 0.145. The van der Waals surface area contributed by atoms with Gasteiger partial charge in [0.1, 0.15) is 6.07 Å². The van der Waals surface area contributed by atoms with Gasteiger partial charge in [0.15, 0.2) is 0 Å². The number of nitrogens with two attached hydrogens (primary N) is 2. The maximum absolute atomic E-state index is 10.4. The van der Waals surface area contributed by atoms with E-state index in [9.17, 15) is 4.79 Å². The molecule has 0 aromatic heterocycles. The first-order valence-corrected chi connectivity index (χ1v) is 4.51. The number of nitrogens with one attached hydrogen (secondary N) is 1. The molecule has 1 rings (SSSR count). The van der Waals surface area contributed by atoms with Crippen molar-refractivity contribution in [1.29, 1.82) is 5.26 Å². The lowest BCUT2D eigenvalue weighted by Crippen LogP contribution is -2.39. The van der Waals surface area contributed by atoms with E-state index in [-0.39, 0.29) is 11.0 Å². The van der Waals surface area contributed by atoms with Gasteiger partial charge < -0.3 is 11.5 Å². The van der Waals surface area contributed by atoms with Crippen LogP contribution in [0.2, 0.25) is 5.02 Å². The minimum atomic E-state index is -0.805. The van der Waals surface area contributed by atoms with Crippen LogP contribution in [0.3, 0.4) is 0 Å². The van der Waals surface area contributed by atoms with Gasteiger partial charge in [-0.3, -0.25) is 5.32 Å². The Bertz CT molecular complexity index is 491. The van der Waals surface area contributed by atoms with Gasteiger partial charge in [0, 0.05) is 0 Å². The zero-order chi connectivity index (χ0) is 12.1. The molecule has 16 heavy (non-hydrogen) atoms. The van der Waals surface area contributed by atoms with Gasteiger partial charge in [0.25, 0.3) is 0 Å². The SMILES string of the molecule is N#Cc1ccc(N=C(N)NC(N)=O)cc1Cl. The molecule has 0 fully saturated rings. The monoisotopic (exact) mass is 237 g/mol. The highest BCUT2D eigenvalue weighted by molar-refractivity contribution is 6.32. The van der Waals surface area contributed by atoms with Crippen LogP contribution < -0.4 is 16.8 Å². The van der Waals surface area contributed by atoms with Crippen molar-refractivity contribution < 1.29 is 4.79 Å². The lowest BCUT2D eigenvalue weighted by atomic mass is 10.2. The number of amides is 2. The molecule has 0 saturated carbocycles. The smallest absolute Gasteiger partial charge is 0.318 e. The fourth-order valence-corrected chi connectivity index (χ4v) is 1.17. The fraction of sp³-hybridized carbons (Fsp3) is 0. The molecule has 0 aliphatic heterocycles. The van der Waals surface area contributed by atoms with Crippen LogP contribution >= 0.6 is 11.6 Å². The van der Waals surface area contributed by atoms with E-state index in [0.717, 1.165) is 0 Å². The van der Waals surface area contributed by atoms with Crippen LogP contribution in [0.25, 0.3) is 0 Å². The summed E-state index contributed by atoms with van der Waals surface area (Å²) < 4.78 is 0. The Hall–Kier alpha value is -2.26. The number of hydrogen-bond acceptors (Lipinski definition) is 3. The Morgan fingerprint density at radius 3 is 2.69 bits per heavy atom. The minimum Gasteiger partial charge on any atom is -0.369 e. The number of halogens is 1. The molecule has 0 atom stereocenters. The zero-order valence-corrected chi connectivity index (χ0v) is 8.82. The molecule has 0 saturated heterocycles. The third-order valence-corrected chi connectivity index (χ3v) is 1.89. The molecule has 82 valence electrons. The summed E-state index contributed by atoms with van der Waals surface area (Å²) in [4.78, 5) is 14.3. The van der Waals surface area contributed by atoms with E-state index in [2.05, 4.69) is 10.3 Å². The number of hydrogen-bond donors (Lipinski definition) is 3. The van der Waals surface area contributed by atoms with Gasteiger partial charge in [-0.15, -0.1) is 0 Å². The summed E-state index contributed by atoms with van der Waals surface area (Å²) in [6.07, 6.45) is 0. The first-order valence-electron chi connectivity index (χ1n) is 4.13. The molecule has 0 aliphatic carbocycles. The highest BCUT2D eigenvalue weighted by Gasteiger charge is 2.01. The first kappa shape index (κ1) is 11.8. The topological polar surface area (TPSA) is 117 Å². The summed E-state index contributed by atoms with van der Waals surface area (Å²) in [5.74, 6) is -0.145. The summed E-state index contributed by atoms with van der Waals surface area (Å²) in [5.41, 5.74) is 10.9. The average Bonchev–Trinajstić information content (AvgIpc) is 2.16. The Kier molecular flexibility index (Phi) is 3.69. The third kappa shape index (κ3) is 3.15. The molecule has 0 heterocycles. The summed E-state index contributed by atoms with van der Waals surface area (Å²) in [6.45, 7) is 0. The quantitative estimate of drug-likeness (QED) is 0.496. The molecule has 1 aromatic rings. The molecule has 6 nitrogen and oxygen atoms in total. The number of guanidine groups is 1. The van der Waals surface area contributed by atoms with E-state index >= 15 is 0 Å². The number of aliphatic imine (C=N–C) groups is 1. The lowest BCUT2D eigenvalue weighted by Gasteiger charge is -2.01. The Morgan fingerprint density at radius 1 is 1.50 bits per heavy atom. The standard InChI is InChI=1S/C9H8ClN5O/c10-7-3-6(2-1-5(7)4-11)14-8(12)15-9(13)16/h1-3H,(H5,12,13,14,15,16). The van der Waals surface area contributed by atoms with E-state index in [4.69, 9.17) is 28.3 Å². The normalized spacial score (nSPS) is 10.6. The molecule has 1 aromatic carbocycles. The van der Waals surface area contributed by atoms with Gasteiger partial charge in [-0.25, -0.2) is 9.79 Å². The largest absolute Gasteiger partial charge is 0.369 e. The van der Waals surface area contributed by atoms with E-state index in [1.165, 1.54) is 12.1 Å². The van der Waals surface area contributed by atoms with E-state index in [1.54, 1.807) is 6.07 Å². The van der Waals surface area contributed by atoms with Crippen molar-refractivity contribution in [3.8, 4) is 6.07 Å². The number of primary amides is 1. The summed E-state index contributed by atoms with van der Waals surface area (Å²) >= 11 is 5.77. The Balaban J connectivity index is 2.95. The molecule has 0 radical (unpaired) electrons. The van der Waals surface area contributed by atoms with Crippen LogP contribution in [-0.4, -0.2) is 12.0 Å². The van der Waals surface area contributed by atoms with Crippen LogP contribution in [0.1, 0.15) is 5.56 Å². The number of rotatable bonds is 1. The van der Waals surface area contributed by atoms with Crippen molar-refractivity contribution in [2.45, 2.75) is 0 Å². The maximum Gasteiger partial charge on any atom is 0.318 e. The second-order valence-electron chi connectivity index (χ2n) is 2.76. The fourth-order valence-electron chi connectivity index (χ4n) is 0.957. The maximum atomic E-state index is 10.4. The number of carbonyl (C=O) groups excluding carboxylic acids is 1. The highest BCUT2D eigenvalue weighted by atomic mass is 35.5. The molecular formula is C9H8ClN5O. The second-order valence-corrected chi connectivity index (χ2v) is 3.17. The van der Waals surface area contributed by atoms with Crippen molar-refractivity contribution in [1.82, 2.24) is 5.32 Å². The molecule has 0 aliphatic rings. The Morgan fingerprint density at radius 2 is 2.19 bits per heavy atom. The van der Waals surface area contributed by atoms with Gasteiger partial charge in [0.05, 0.1) is 16.3 Å². The second kappa shape index (κ2) is 5.00. The van der Waals surface area contributed by atoms with Gasteiger partial charge in [-0.2, -0.15) is 5.26 Å². The van der Waals surface area contributed by atoms with Crippen LogP contribution in [0.15, 0.2) is 23.2 Å². The van der Waals surface area contributed by atoms with Crippen LogP contribution in [0.5, 0.6) is 0 Å². The van der Waals surface area contributed by atoms with Crippen molar-refractivity contribution in [3.05, 3.63) is 28.8 Å². The van der Waals surface area contributed by atoms with Crippen molar-refractivity contribution in [2.75, 3.05) is 0 Å². The third-order valence-electron chi connectivity index (χ3n) is 1.57. The van der Waals surface area contributed by atoms with E-state index < -0.39 is 6.03 Å². The van der Waals surface area contributed by atoms with Crippen molar-refractivity contribution in [3.63, 3.8) is 0 Å². The molecular weight excluding hydrogens is 230 g/mol. The lowest BCUT2D eigenvalue weighted by molar-refractivity contribution is 0.253. The Labute approximate surface area is 96.5 Å². The number of benzene rings is 1. The summed E-state index contributed by atoms with van der Waals surface area (Å²) in [7, 11) is 0. The number of nitrogens with zero attached hydrogens (tertiary/aromatic N) is 2. The van der Waals surface area contributed by atoms with E-state index in [0.29, 0.717) is 11.3 Å². The molecule has 2 amide bonds. The summed E-state index contributed by atoms with van der Waals surface area (Å²) in [5, 5.41) is 11.0. The number of nitriles is 1. The van der Waals surface area contributed by atoms with Crippen molar-refractivity contribution >= 4 is 29.3 Å². The zero-order valence-electron chi connectivity index (χ0n) is 8.07. The average molecular weight is 238 g/mol. The predicted octanol–water partition coefficient (Wildman–Crippen LogP) is 0.826. The summed E-state index contributed by atoms with van der Waals surface area (Å²) in [6, 6.07) is 5.60. The molecule has 0 spiro atoms. The van der Waals surface area contributed by atoms with E-state index in [1.807, 2.05) is 6.07 Å². The molecule has 7 heteroatoms. The van der Waals surface area contributed by atoms with Crippen molar-refractivity contribution in [2.24, 2.45) is 16.5 Å². The number of carbonyl (C=O) groups is 1. The molecule has 0 bridgehead atoms. The van der Waals surface area contributed by atoms with Crippen LogP contribution in [-0.2, 0) is 0 Å². The first-order chi connectivity index (χ1) is 7.52. The molecule has 0 unspecified atom stereocenters. The van der Waals surface area contributed by atoms with Gasteiger partial charge in [-0.1, -0.05) is 11.6 Å².